The molecule has 2 N–H and O–H groups in total. The van der Waals surface area contributed by atoms with Crippen LogP contribution in [-0.2, 0) is 4.74 Å². The van der Waals surface area contributed by atoms with Gasteiger partial charge in [0.25, 0.3) is 0 Å². The van der Waals surface area contributed by atoms with Crippen LogP contribution in [-0.4, -0.2) is 42.6 Å². The first-order chi connectivity index (χ1) is 16.0. The maximum Gasteiger partial charge on any atom is 0.338 e. The van der Waals surface area contributed by atoms with Crippen molar-refractivity contribution in [2.75, 3.05) is 20.8 Å². The Bertz CT molecular complexity index is 1310. The molecule has 0 aliphatic rings. The van der Waals surface area contributed by atoms with E-state index in [1.54, 1.807) is 51.5 Å². The van der Waals surface area contributed by atoms with Crippen LogP contribution in [0.15, 0.2) is 71.7 Å². The number of methoxy groups -OCH3 is 2. The molecule has 4 aromatic rings. The molecule has 0 atom stereocenters. The van der Waals surface area contributed by atoms with Crippen molar-refractivity contribution in [2.45, 2.75) is 6.92 Å². The fraction of sp³-hybridized carbons (Fsp3) is 0.154. The van der Waals surface area contributed by atoms with E-state index in [0.29, 0.717) is 46.1 Å². The van der Waals surface area contributed by atoms with Crippen molar-refractivity contribution in [3.05, 3.63) is 83.4 Å². The highest BCUT2D eigenvalue weighted by molar-refractivity contribution is 6.22. The predicted octanol–water partition coefficient (Wildman–Crippen LogP) is 5.24. The minimum Gasteiger partial charge on any atom is -0.494 e. The van der Waals surface area contributed by atoms with Crippen molar-refractivity contribution >= 4 is 28.3 Å². The number of fused-ring (bicyclic) bond motifs is 1. The second-order valence-electron chi connectivity index (χ2n) is 7.20. The monoisotopic (exact) mass is 444 g/mol. The third-order valence-electron chi connectivity index (χ3n) is 5.19. The molecular weight excluding hydrogens is 420 g/mol. The van der Waals surface area contributed by atoms with Crippen LogP contribution >= 0.6 is 0 Å². The maximum absolute atomic E-state index is 12.0. The van der Waals surface area contributed by atoms with E-state index in [4.69, 9.17) is 19.2 Å². The van der Waals surface area contributed by atoms with Crippen LogP contribution in [0, 0.1) is 0 Å². The second-order valence-corrected chi connectivity index (χ2v) is 7.20. The van der Waals surface area contributed by atoms with E-state index in [1.807, 2.05) is 36.4 Å². The quantitative estimate of drug-likeness (QED) is 0.300. The molecule has 0 saturated carbocycles. The number of aliphatic imine (C=N–C) groups is 1. The van der Waals surface area contributed by atoms with Crippen molar-refractivity contribution in [2.24, 2.45) is 4.99 Å². The summed E-state index contributed by atoms with van der Waals surface area (Å²) in [6.45, 7) is 2.08. The van der Waals surface area contributed by atoms with Crippen molar-refractivity contribution < 1.29 is 24.1 Å². The Morgan fingerprint density at radius 2 is 1.61 bits per heavy atom. The largest absolute Gasteiger partial charge is 0.494 e. The summed E-state index contributed by atoms with van der Waals surface area (Å²) in [5.74, 6) is 0.680. The van der Waals surface area contributed by atoms with Crippen LogP contribution < -0.4 is 9.47 Å². The minimum absolute atomic E-state index is 0.0222. The summed E-state index contributed by atoms with van der Waals surface area (Å²) in [5.41, 5.74) is 3.67. The SMILES string of the molecule is CCOC(=O)c1ccc(N=C(c2ccccc2)c2c(O)[nH]c3cc(OC)c(OC)cc23)cc1. The lowest BCUT2D eigenvalue weighted by molar-refractivity contribution is 0.0526. The van der Waals surface area contributed by atoms with E-state index < -0.39 is 0 Å². The zero-order valence-corrected chi connectivity index (χ0v) is 18.6. The molecule has 0 aliphatic heterocycles. The van der Waals surface area contributed by atoms with E-state index in [9.17, 15) is 9.90 Å². The molecule has 0 radical (unpaired) electrons. The van der Waals surface area contributed by atoms with E-state index in [1.165, 1.54) is 0 Å². The Balaban J connectivity index is 1.88. The Kier molecular flexibility index (Phi) is 6.31. The average molecular weight is 444 g/mol. The molecule has 0 spiro atoms. The molecule has 4 rings (SSSR count). The van der Waals surface area contributed by atoms with Gasteiger partial charge in [-0.05, 0) is 37.3 Å². The van der Waals surface area contributed by atoms with E-state index in [0.717, 1.165) is 10.9 Å². The average Bonchev–Trinajstić information content (AvgIpc) is 3.17. The standard InChI is InChI=1S/C26H24N2O5/c1-4-33-26(30)17-10-12-18(13-11-17)27-24(16-8-6-5-7-9-16)23-19-14-21(31-2)22(32-3)15-20(19)28-25(23)29/h5-15,28-29H,4H2,1-3H3. The van der Waals surface area contributed by atoms with Crippen LogP contribution in [0.2, 0.25) is 0 Å². The number of ether oxygens (including phenoxy) is 3. The van der Waals surface area contributed by atoms with Crippen molar-refractivity contribution in [1.29, 1.82) is 0 Å². The molecule has 0 amide bonds. The minimum atomic E-state index is -0.383. The van der Waals surface area contributed by atoms with Gasteiger partial charge in [-0.15, -0.1) is 0 Å². The number of hydrogen-bond acceptors (Lipinski definition) is 6. The Hall–Kier alpha value is -4.26. The number of aromatic nitrogens is 1. The summed E-state index contributed by atoms with van der Waals surface area (Å²) in [7, 11) is 3.12. The van der Waals surface area contributed by atoms with Gasteiger partial charge in [-0.2, -0.15) is 0 Å². The first-order valence-corrected chi connectivity index (χ1v) is 10.4. The molecule has 33 heavy (non-hydrogen) atoms. The zero-order valence-electron chi connectivity index (χ0n) is 18.6. The van der Waals surface area contributed by atoms with Crippen LogP contribution in [0.3, 0.4) is 0 Å². The molecule has 168 valence electrons. The van der Waals surface area contributed by atoms with Gasteiger partial charge in [0.2, 0.25) is 0 Å². The maximum atomic E-state index is 12.0. The van der Waals surface area contributed by atoms with Crippen LogP contribution in [0.4, 0.5) is 5.69 Å². The molecule has 7 heteroatoms. The Morgan fingerprint density at radius 1 is 0.939 bits per heavy atom. The van der Waals surface area contributed by atoms with Gasteiger partial charge in [-0.25, -0.2) is 9.79 Å². The number of carbonyl (C=O) groups excluding carboxylic acids is 1. The number of aromatic amines is 1. The van der Waals surface area contributed by atoms with E-state index in [2.05, 4.69) is 4.98 Å². The number of nitrogens with zero attached hydrogens (tertiary/aromatic N) is 1. The van der Waals surface area contributed by atoms with Gasteiger partial charge in [-0.3, -0.25) is 0 Å². The number of rotatable bonds is 7. The summed E-state index contributed by atoms with van der Waals surface area (Å²) in [6, 6.07) is 20.0. The van der Waals surface area contributed by atoms with Crippen LogP contribution in [0.5, 0.6) is 17.4 Å². The number of aromatic hydroxyl groups is 1. The number of carbonyl (C=O) groups is 1. The van der Waals surface area contributed by atoms with Gasteiger partial charge in [0.05, 0.1) is 48.9 Å². The lowest BCUT2D eigenvalue weighted by Gasteiger charge is -2.10. The van der Waals surface area contributed by atoms with Gasteiger partial charge in [0, 0.05) is 17.0 Å². The molecule has 7 nitrogen and oxygen atoms in total. The molecule has 0 unspecified atom stereocenters. The van der Waals surface area contributed by atoms with Gasteiger partial charge < -0.3 is 24.3 Å². The lowest BCUT2D eigenvalue weighted by atomic mass is 10.0. The van der Waals surface area contributed by atoms with Gasteiger partial charge in [0.15, 0.2) is 17.4 Å². The predicted molar refractivity (Wildman–Crippen MR) is 127 cm³/mol. The first kappa shape index (κ1) is 22.0. The molecule has 3 aromatic carbocycles. The smallest absolute Gasteiger partial charge is 0.338 e. The fourth-order valence-corrected chi connectivity index (χ4v) is 3.62. The fourth-order valence-electron chi connectivity index (χ4n) is 3.62. The van der Waals surface area contributed by atoms with Crippen molar-refractivity contribution in [1.82, 2.24) is 4.98 Å². The lowest BCUT2D eigenvalue weighted by Crippen LogP contribution is -2.04. The van der Waals surface area contributed by atoms with Crippen molar-refractivity contribution in [3.63, 3.8) is 0 Å². The normalized spacial score (nSPS) is 11.4. The topological polar surface area (TPSA) is 93.1 Å². The summed E-state index contributed by atoms with van der Waals surface area (Å²) in [4.78, 5) is 19.8. The molecular formula is C26H24N2O5. The second kappa shape index (κ2) is 9.48. The zero-order chi connectivity index (χ0) is 23.4. The summed E-state index contributed by atoms with van der Waals surface area (Å²) in [6.07, 6.45) is 0. The molecule has 1 aromatic heterocycles. The third-order valence-corrected chi connectivity index (χ3v) is 5.19. The van der Waals surface area contributed by atoms with Crippen LogP contribution in [0.1, 0.15) is 28.4 Å². The molecule has 0 fully saturated rings. The number of hydrogen-bond donors (Lipinski definition) is 2. The van der Waals surface area contributed by atoms with Gasteiger partial charge in [-0.1, -0.05) is 30.3 Å². The third kappa shape index (κ3) is 4.39. The van der Waals surface area contributed by atoms with Crippen molar-refractivity contribution in [3.8, 4) is 17.4 Å². The Labute approximate surface area is 191 Å². The van der Waals surface area contributed by atoms with Gasteiger partial charge >= 0.3 is 5.97 Å². The summed E-state index contributed by atoms with van der Waals surface area (Å²) in [5, 5.41) is 11.6. The highest BCUT2D eigenvalue weighted by Gasteiger charge is 2.21. The summed E-state index contributed by atoms with van der Waals surface area (Å²) < 4.78 is 15.9. The molecule has 0 aliphatic carbocycles. The number of H-pyrrole nitrogens is 1. The molecule has 0 bridgehead atoms. The number of nitrogens with one attached hydrogen (secondary N) is 1. The van der Waals surface area contributed by atoms with E-state index >= 15 is 0 Å². The first-order valence-electron chi connectivity index (χ1n) is 10.4. The Morgan fingerprint density at radius 3 is 2.24 bits per heavy atom. The van der Waals surface area contributed by atoms with Gasteiger partial charge in [0.1, 0.15) is 0 Å². The number of benzene rings is 3. The summed E-state index contributed by atoms with van der Waals surface area (Å²) >= 11 is 0. The highest BCUT2D eigenvalue weighted by Crippen LogP contribution is 2.38. The van der Waals surface area contributed by atoms with E-state index in [-0.39, 0.29) is 11.8 Å². The number of esters is 1. The highest BCUT2D eigenvalue weighted by atomic mass is 16.5. The molecule has 1 heterocycles. The molecule has 0 saturated heterocycles. The van der Waals surface area contributed by atoms with Crippen LogP contribution in [0.25, 0.3) is 10.9 Å².